The molecule has 0 spiro atoms. The van der Waals surface area contributed by atoms with E-state index >= 15 is 0 Å². The second kappa shape index (κ2) is 27.0. The molecule has 0 amide bonds. The molecular weight excluding hydrogens is 360 g/mol. The molecule has 0 bridgehead atoms. The lowest BCUT2D eigenvalue weighted by Crippen LogP contribution is -1.95. The van der Waals surface area contributed by atoms with Crippen molar-refractivity contribution in [2.24, 2.45) is 5.92 Å². The van der Waals surface area contributed by atoms with Gasteiger partial charge >= 0.3 is 0 Å². The summed E-state index contributed by atoms with van der Waals surface area (Å²) in [5.41, 5.74) is 0. The van der Waals surface area contributed by atoms with Gasteiger partial charge in [0.2, 0.25) is 0 Å². The second-order valence-corrected chi connectivity index (χ2v) is 10.2. The first-order chi connectivity index (χ1) is 14.8. The number of unbranched alkanes of at least 4 members (excludes halogenated alkanes) is 22. The highest BCUT2D eigenvalue weighted by atomic mass is 14.1. The van der Waals surface area contributed by atoms with E-state index in [4.69, 9.17) is 0 Å². The van der Waals surface area contributed by atoms with Gasteiger partial charge in [-0.3, -0.25) is 0 Å². The maximum absolute atomic E-state index is 4.36. The van der Waals surface area contributed by atoms with E-state index in [1.54, 1.807) is 0 Å². The zero-order chi connectivity index (χ0) is 22.0. The number of hydrogen-bond donors (Lipinski definition) is 0. The van der Waals surface area contributed by atoms with Crippen molar-refractivity contribution in [3.05, 3.63) is 6.92 Å². The van der Waals surface area contributed by atoms with Gasteiger partial charge < -0.3 is 0 Å². The number of hydrogen-bond acceptors (Lipinski definition) is 0. The van der Waals surface area contributed by atoms with Gasteiger partial charge in [-0.15, -0.1) is 0 Å². The summed E-state index contributed by atoms with van der Waals surface area (Å²) >= 11 is 0. The van der Waals surface area contributed by atoms with Gasteiger partial charge in [-0.2, -0.15) is 0 Å². The molecule has 0 heteroatoms. The predicted molar refractivity (Wildman–Crippen MR) is 140 cm³/mol. The van der Waals surface area contributed by atoms with Crippen LogP contribution in [0.15, 0.2) is 0 Å². The predicted octanol–water partition coefficient (Wildman–Crippen LogP) is 11.6. The van der Waals surface area contributed by atoms with E-state index in [1.807, 2.05) is 0 Å². The van der Waals surface area contributed by atoms with Gasteiger partial charge in [-0.25, -0.2) is 0 Å². The summed E-state index contributed by atoms with van der Waals surface area (Å²) in [4.78, 5) is 0. The monoisotopic (exact) mass is 421 g/mol. The molecule has 1 unspecified atom stereocenters. The van der Waals surface area contributed by atoms with Crippen LogP contribution in [0.2, 0.25) is 0 Å². The number of rotatable bonds is 26. The van der Waals surface area contributed by atoms with Crippen molar-refractivity contribution in [3.8, 4) is 0 Å². The Morgan fingerprint density at radius 3 is 0.800 bits per heavy atom. The van der Waals surface area contributed by atoms with Crippen molar-refractivity contribution in [2.75, 3.05) is 0 Å². The quantitative estimate of drug-likeness (QED) is 0.122. The van der Waals surface area contributed by atoms with Gasteiger partial charge in [0.1, 0.15) is 0 Å². The Hall–Kier alpha value is 0. The summed E-state index contributed by atoms with van der Waals surface area (Å²) in [5.74, 6) is 0.720. The van der Waals surface area contributed by atoms with Crippen LogP contribution < -0.4 is 0 Å². The fraction of sp³-hybridized carbons (Fsp3) is 0.967. The van der Waals surface area contributed by atoms with Crippen LogP contribution in [0.5, 0.6) is 0 Å². The average Bonchev–Trinajstić information content (AvgIpc) is 2.75. The van der Waals surface area contributed by atoms with Crippen LogP contribution in [0.4, 0.5) is 0 Å². The Morgan fingerprint density at radius 2 is 0.533 bits per heavy atom. The largest absolute Gasteiger partial charge is 0.0654 e. The van der Waals surface area contributed by atoms with Gasteiger partial charge in [0, 0.05) is 0 Å². The summed E-state index contributed by atoms with van der Waals surface area (Å²) in [6, 6.07) is 0. The minimum atomic E-state index is 0.720. The first kappa shape index (κ1) is 30.0. The first-order valence-corrected chi connectivity index (χ1v) is 14.6. The summed E-state index contributed by atoms with van der Waals surface area (Å²) < 4.78 is 0. The molecule has 0 aromatic carbocycles. The first-order valence-electron chi connectivity index (χ1n) is 14.6. The molecule has 0 aliphatic carbocycles. The molecule has 0 nitrogen and oxygen atoms in total. The Labute approximate surface area is 193 Å². The summed E-state index contributed by atoms with van der Waals surface area (Å²) in [6.45, 7) is 8.95. The summed E-state index contributed by atoms with van der Waals surface area (Å²) in [7, 11) is 0. The average molecular weight is 422 g/mol. The van der Waals surface area contributed by atoms with E-state index < -0.39 is 0 Å². The van der Waals surface area contributed by atoms with E-state index in [9.17, 15) is 0 Å². The fourth-order valence-electron chi connectivity index (χ4n) is 4.69. The van der Waals surface area contributed by atoms with E-state index in [0.717, 1.165) is 5.92 Å². The Bertz CT molecular complexity index is 282. The highest BCUT2D eigenvalue weighted by molar-refractivity contribution is 4.62. The molecule has 1 radical (unpaired) electrons. The second-order valence-electron chi connectivity index (χ2n) is 10.2. The molecule has 0 saturated heterocycles. The van der Waals surface area contributed by atoms with Gasteiger partial charge in [-0.05, 0) is 5.92 Å². The van der Waals surface area contributed by atoms with E-state index in [2.05, 4.69) is 20.8 Å². The van der Waals surface area contributed by atoms with Gasteiger partial charge in [0.25, 0.3) is 0 Å². The zero-order valence-electron chi connectivity index (χ0n) is 21.7. The molecule has 0 fully saturated rings. The van der Waals surface area contributed by atoms with Crippen LogP contribution in [0.1, 0.15) is 181 Å². The lowest BCUT2D eigenvalue weighted by atomic mass is 9.96. The third-order valence-electron chi connectivity index (χ3n) is 6.93. The topological polar surface area (TPSA) is 0 Å². The van der Waals surface area contributed by atoms with E-state index in [0.29, 0.717) is 0 Å². The van der Waals surface area contributed by atoms with Crippen LogP contribution in [-0.4, -0.2) is 0 Å². The molecule has 0 aromatic rings. The maximum Gasteiger partial charge on any atom is -0.0414 e. The molecule has 30 heavy (non-hydrogen) atoms. The van der Waals surface area contributed by atoms with E-state index in [-0.39, 0.29) is 0 Å². The standard InChI is InChI=1S/C30H61/c1-4-6-8-10-11-12-13-14-15-16-17-18-19-20-21-22-23-24-25-27-29-30(3)28-26-9-7-5-2/h30H,3-29H2,1-2H3. The molecule has 0 N–H and O–H groups in total. The third kappa shape index (κ3) is 26.0. The minimum Gasteiger partial charge on any atom is -0.0654 e. The highest BCUT2D eigenvalue weighted by Crippen LogP contribution is 2.18. The Balaban J connectivity index is 3.06. The fourth-order valence-corrected chi connectivity index (χ4v) is 4.69. The Kier molecular flexibility index (Phi) is 27.0. The van der Waals surface area contributed by atoms with Crippen LogP contribution >= 0.6 is 0 Å². The molecule has 0 aromatic heterocycles. The van der Waals surface area contributed by atoms with Crippen molar-refractivity contribution in [1.82, 2.24) is 0 Å². The molecule has 1 atom stereocenters. The van der Waals surface area contributed by atoms with Crippen molar-refractivity contribution >= 4 is 0 Å². The van der Waals surface area contributed by atoms with Crippen molar-refractivity contribution < 1.29 is 0 Å². The smallest absolute Gasteiger partial charge is 0.0414 e. The minimum absolute atomic E-state index is 0.720. The zero-order valence-corrected chi connectivity index (χ0v) is 21.7. The van der Waals surface area contributed by atoms with Gasteiger partial charge in [0.15, 0.2) is 0 Å². The molecule has 0 aliphatic heterocycles. The van der Waals surface area contributed by atoms with E-state index in [1.165, 1.54) is 167 Å². The molecule has 0 aliphatic rings. The van der Waals surface area contributed by atoms with Gasteiger partial charge in [0.05, 0.1) is 0 Å². The SMILES string of the molecule is [CH2]C(CCCCCC)CCCCCCCCCCCCCCCCCCCCCC. The summed E-state index contributed by atoms with van der Waals surface area (Å²) in [5, 5.41) is 0. The normalized spacial score (nSPS) is 12.5. The molecule has 181 valence electrons. The molecular formula is C30H61. The Morgan fingerprint density at radius 1 is 0.333 bits per heavy atom. The summed E-state index contributed by atoms with van der Waals surface area (Å²) in [6.07, 6.45) is 37.7. The van der Waals surface area contributed by atoms with Crippen molar-refractivity contribution in [1.29, 1.82) is 0 Å². The van der Waals surface area contributed by atoms with Crippen LogP contribution in [0.3, 0.4) is 0 Å². The molecule has 0 heterocycles. The van der Waals surface area contributed by atoms with Crippen LogP contribution in [0.25, 0.3) is 0 Å². The van der Waals surface area contributed by atoms with Crippen LogP contribution in [-0.2, 0) is 0 Å². The lowest BCUT2D eigenvalue weighted by Gasteiger charge is -2.10. The molecule has 0 saturated carbocycles. The molecule has 0 rings (SSSR count). The van der Waals surface area contributed by atoms with Crippen molar-refractivity contribution in [2.45, 2.75) is 181 Å². The maximum atomic E-state index is 4.36. The lowest BCUT2D eigenvalue weighted by molar-refractivity contribution is 0.464. The van der Waals surface area contributed by atoms with Gasteiger partial charge in [-0.1, -0.05) is 188 Å². The van der Waals surface area contributed by atoms with Crippen molar-refractivity contribution in [3.63, 3.8) is 0 Å². The van der Waals surface area contributed by atoms with Crippen LogP contribution in [0, 0.1) is 12.8 Å². The highest BCUT2D eigenvalue weighted by Gasteiger charge is 2.02. The third-order valence-corrected chi connectivity index (χ3v) is 6.93.